The highest BCUT2D eigenvalue weighted by Crippen LogP contribution is 2.26. The molecule has 0 aromatic rings. The number of hydrogen-bond donors (Lipinski definition) is 5. The van der Waals surface area contributed by atoms with Gasteiger partial charge in [0.05, 0.1) is 24.8 Å². The fraction of sp³-hybridized carbons (Fsp3) is 0.545. The first kappa shape index (κ1) is 14.0. The number of nitrogens with one attached hydrogen (secondary N) is 1. The molecule has 1 unspecified atom stereocenters. The molecule has 1 saturated heterocycles. The van der Waals surface area contributed by atoms with Crippen LogP contribution in [-0.4, -0.2) is 63.8 Å². The monoisotopic (exact) mass is 271 g/mol. The minimum atomic E-state index is -1.06. The maximum absolute atomic E-state index is 11.5. The second kappa shape index (κ2) is 5.27. The first-order valence-electron chi connectivity index (χ1n) is 5.79. The molecule has 0 aromatic carbocycles. The van der Waals surface area contributed by atoms with Crippen LogP contribution in [0.15, 0.2) is 24.2 Å². The number of nitrogens with two attached hydrogens (primary N) is 1. The molecule has 2 heterocycles. The molecule has 1 fully saturated rings. The third-order valence-corrected chi connectivity index (χ3v) is 3.21. The Balaban J connectivity index is 2.24. The van der Waals surface area contributed by atoms with Crippen LogP contribution in [-0.2, 0) is 9.53 Å². The average molecular weight is 271 g/mol. The molecule has 4 atom stereocenters. The maximum atomic E-state index is 11.5. The Hall–Kier alpha value is -1.45. The first-order chi connectivity index (χ1) is 8.99. The van der Waals surface area contributed by atoms with Gasteiger partial charge in [-0.3, -0.25) is 4.79 Å². The standard InChI is InChI=1S/C11H17N3O5/c1-5-13-10(18)6(3-15)2-14(5)11-9(17)8(12)7(4-16)19-11/h2,7-9,11,15-17H,1,3-4,12H2,(H,13,18)/t7-,8?,9+,11-/m1/s1. The van der Waals surface area contributed by atoms with Gasteiger partial charge in [0, 0.05) is 6.20 Å². The van der Waals surface area contributed by atoms with Crippen LogP contribution in [0.4, 0.5) is 0 Å². The molecule has 106 valence electrons. The Bertz CT molecular complexity index is 425. The highest BCUT2D eigenvalue weighted by molar-refractivity contribution is 5.95. The summed E-state index contributed by atoms with van der Waals surface area (Å²) >= 11 is 0. The highest BCUT2D eigenvalue weighted by Gasteiger charge is 2.45. The van der Waals surface area contributed by atoms with Crippen LogP contribution in [0.2, 0.25) is 0 Å². The average Bonchev–Trinajstić information content (AvgIpc) is 2.67. The van der Waals surface area contributed by atoms with Crippen molar-refractivity contribution in [2.75, 3.05) is 13.2 Å². The molecule has 19 heavy (non-hydrogen) atoms. The number of amides is 1. The van der Waals surface area contributed by atoms with Gasteiger partial charge in [-0.15, -0.1) is 0 Å². The van der Waals surface area contributed by atoms with Crippen LogP contribution in [0.5, 0.6) is 0 Å². The van der Waals surface area contributed by atoms with E-state index in [1.165, 1.54) is 11.1 Å². The van der Waals surface area contributed by atoms with Crippen molar-refractivity contribution in [1.29, 1.82) is 0 Å². The smallest absolute Gasteiger partial charge is 0.256 e. The quantitative estimate of drug-likeness (QED) is 0.374. The molecule has 2 rings (SSSR count). The molecule has 0 spiro atoms. The molecule has 0 saturated carbocycles. The molecule has 0 bridgehead atoms. The summed E-state index contributed by atoms with van der Waals surface area (Å²) in [6, 6.07) is -0.744. The predicted molar refractivity (Wildman–Crippen MR) is 64.0 cm³/mol. The summed E-state index contributed by atoms with van der Waals surface area (Å²) in [5.41, 5.74) is 5.84. The summed E-state index contributed by atoms with van der Waals surface area (Å²) in [5.74, 6) is -0.253. The number of hydrogen-bond acceptors (Lipinski definition) is 7. The van der Waals surface area contributed by atoms with Crippen LogP contribution < -0.4 is 11.1 Å². The van der Waals surface area contributed by atoms with Gasteiger partial charge in [0.1, 0.15) is 18.0 Å². The van der Waals surface area contributed by atoms with E-state index in [1.807, 2.05) is 0 Å². The van der Waals surface area contributed by atoms with Gasteiger partial charge in [-0.25, -0.2) is 0 Å². The minimum Gasteiger partial charge on any atom is -0.394 e. The van der Waals surface area contributed by atoms with Crippen molar-refractivity contribution in [2.45, 2.75) is 24.5 Å². The van der Waals surface area contributed by atoms with E-state index >= 15 is 0 Å². The second-order valence-electron chi connectivity index (χ2n) is 4.44. The lowest BCUT2D eigenvalue weighted by Crippen LogP contribution is -2.49. The predicted octanol–water partition coefficient (Wildman–Crippen LogP) is -2.83. The van der Waals surface area contributed by atoms with Crippen LogP contribution >= 0.6 is 0 Å². The van der Waals surface area contributed by atoms with E-state index in [2.05, 4.69) is 11.9 Å². The van der Waals surface area contributed by atoms with Gasteiger partial charge in [0.25, 0.3) is 5.91 Å². The normalized spacial score (nSPS) is 35.4. The molecule has 8 heteroatoms. The zero-order valence-electron chi connectivity index (χ0n) is 10.2. The van der Waals surface area contributed by atoms with E-state index in [-0.39, 0.29) is 18.0 Å². The van der Waals surface area contributed by atoms with Crippen molar-refractivity contribution in [3.63, 3.8) is 0 Å². The van der Waals surface area contributed by atoms with Gasteiger partial charge in [-0.05, 0) is 0 Å². The van der Waals surface area contributed by atoms with Crippen LogP contribution in [0.3, 0.4) is 0 Å². The zero-order chi connectivity index (χ0) is 14.2. The van der Waals surface area contributed by atoms with Crippen molar-refractivity contribution in [1.82, 2.24) is 10.2 Å². The van der Waals surface area contributed by atoms with Crippen LogP contribution in [0.25, 0.3) is 0 Å². The second-order valence-corrected chi connectivity index (χ2v) is 4.44. The van der Waals surface area contributed by atoms with Crippen molar-refractivity contribution in [2.24, 2.45) is 5.73 Å². The highest BCUT2D eigenvalue weighted by atomic mass is 16.5. The number of carbonyl (C=O) groups is 1. The van der Waals surface area contributed by atoms with Gasteiger partial charge in [-0.1, -0.05) is 6.58 Å². The first-order valence-corrected chi connectivity index (χ1v) is 5.79. The lowest BCUT2D eigenvalue weighted by Gasteiger charge is -2.34. The Kier molecular flexibility index (Phi) is 3.88. The topological polar surface area (TPSA) is 128 Å². The molecule has 6 N–H and O–H groups in total. The third-order valence-electron chi connectivity index (χ3n) is 3.21. The van der Waals surface area contributed by atoms with E-state index in [4.69, 9.17) is 20.7 Å². The molecule has 2 aliphatic heterocycles. The molecular weight excluding hydrogens is 254 g/mol. The fourth-order valence-corrected chi connectivity index (χ4v) is 2.08. The number of carbonyl (C=O) groups excluding carboxylic acids is 1. The number of nitrogens with zero attached hydrogens (tertiary/aromatic N) is 1. The van der Waals surface area contributed by atoms with Crippen molar-refractivity contribution in [3.05, 3.63) is 24.2 Å². The van der Waals surface area contributed by atoms with Crippen LogP contribution in [0.1, 0.15) is 0 Å². The van der Waals surface area contributed by atoms with Crippen molar-refractivity contribution in [3.8, 4) is 0 Å². The Morgan fingerprint density at radius 3 is 2.74 bits per heavy atom. The van der Waals surface area contributed by atoms with Gasteiger partial charge >= 0.3 is 0 Å². The number of ether oxygens (including phenoxy) is 1. The maximum Gasteiger partial charge on any atom is 0.256 e. The molecule has 2 aliphatic rings. The molecule has 0 aromatic heterocycles. The minimum absolute atomic E-state index is 0.115. The van der Waals surface area contributed by atoms with E-state index in [9.17, 15) is 9.90 Å². The third kappa shape index (κ3) is 2.36. The van der Waals surface area contributed by atoms with Crippen molar-refractivity contribution >= 4 is 5.91 Å². The number of aliphatic hydroxyl groups is 3. The lowest BCUT2D eigenvalue weighted by atomic mass is 10.1. The summed E-state index contributed by atoms with van der Waals surface area (Å²) < 4.78 is 5.44. The van der Waals surface area contributed by atoms with E-state index in [1.54, 1.807) is 0 Å². The fourth-order valence-electron chi connectivity index (χ4n) is 2.08. The van der Waals surface area contributed by atoms with Gasteiger partial charge < -0.3 is 36.0 Å². The van der Waals surface area contributed by atoms with E-state index in [0.717, 1.165) is 0 Å². The molecular formula is C11H17N3O5. The molecule has 0 radical (unpaired) electrons. The van der Waals surface area contributed by atoms with E-state index in [0.29, 0.717) is 0 Å². The lowest BCUT2D eigenvalue weighted by molar-refractivity contribution is -0.120. The summed E-state index contributed by atoms with van der Waals surface area (Å²) in [6.07, 6.45) is -1.28. The van der Waals surface area contributed by atoms with Gasteiger partial charge in [-0.2, -0.15) is 0 Å². The Labute approximate surface area is 109 Å². The van der Waals surface area contributed by atoms with Crippen molar-refractivity contribution < 1.29 is 24.9 Å². The SMILES string of the molecule is C=C1NC(=O)C(CO)=CN1[C@@H]1O[C@H](CO)C(N)[C@@H]1O. The summed E-state index contributed by atoms with van der Waals surface area (Å²) in [6.45, 7) is 2.87. The van der Waals surface area contributed by atoms with E-state index < -0.39 is 37.0 Å². The summed E-state index contributed by atoms with van der Waals surface area (Å²) in [5, 5.41) is 30.6. The summed E-state index contributed by atoms with van der Waals surface area (Å²) in [4.78, 5) is 12.8. The Morgan fingerprint density at radius 2 is 2.21 bits per heavy atom. The number of rotatable bonds is 3. The molecule has 8 nitrogen and oxygen atoms in total. The Morgan fingerprint density at radius 1 is 1.53 bits per heavy atom. The molecule has 1 amide bonds. The summed E-state index contributed by atoms with van der Waals surface area (Å²) in [7, 11) is 0. The zero-order valence-corrected chi connectivity index (χ0v) is 10.2. The van der Waals surface area contributed by atoms with Crippen LogP contribution in [0, 0.1) is 0 Å². The number of aliphatic hydroxyl groups excluding tert-OH is 3. The van der Waals surface area contributed by atoms with Gasteiger partial charge in [0.2, 0.25) is 0 Å². The van der Waals surface area contributed by atoms with Gasteiger partial charge in [0.15, 0.2) is 6.23 Å². The molecule has 0 aliphatic carbocycles. The largest absolute Gasteiger partial charge is 0.394 e.